The van der Waals surface area contributed by atoms with Crippen LogP contribution in [0.3, 0.4) is 0 Å². The van der Waals surface area contributed by atoms with Crippen LogP contribution >= 0.6 is 0 Å². The lowest BCUT2D eigenvalue weighted by Crippen LogP contribution is -2.35. The number of aryl methyl sites for hydroxylation is 2. The van der Waals surface area contributed by atoms with Crippen LogP contribution < -0.4 is 5.32 Å². The van der Waals surface area contributed by atoms with E-state index >= 15 is 0 Å². The summed E-state index contributed by atoms with van der Waals surface area (Å²) in [6, 6.07) is 13.1. The van der Waals surface area contributed by atoms with Crippen LogP contribution in [-0.2, 0) is 38.8 Å². The molecule has 0 unspecified atom stereocenters. The fourth-order valence-electron chi connectivity index (χ4n) is 4.08. The second-order valence-electron chi connectivity index (χ2n) is 7.95. The number of carbonyl (C=O) groups is 1. The molecule has 0 atom stereocenters. The number of nitrogens with zero attached hydrogens (tertiary/aromatic N) is 1. The highest BCUT2D eigenvalue weighted by atomic mass is 32.2. The molecule has 1 aliphatic heterocycles. The smallest absolute Gasteiger partial charge is 0.225 e. The molecule has 7 heteroatoms. The van der Waals surface area contributed by atoms with Crippen molar-refractivity contribution in [2.24, 2.45) is 0 Å². The highest BCUT2D eigenvalue weighted by Crippen LogP contribution is 2.25. The van der Waals surface area contributed by atoms with Gasteiger partial charge in [0.15, 0.2) is 9.84 Å². The number of nitrogens with one attached hydrogen (secondary N) is 1. The van der Waals surface area contributed by atoms with Crippen molar-refractivity contribution < 1.29 is 17.9 Å². The van der Waals surface area contributed by atoms with E-state index in [0.29, 0.717) is 4.90 Å². The van der Waals surface area contributed by atoms with Crippen molar-refractivity contribution >= 4 is 21.4 Å². The molecule has 30 heavy (non-hydrogen) atoms. The molecule has 6 nitrogen and oxygen atoms in total. The molecule has 2 aliphatic rings. The molecule has 1 fully saturated rings. The molecule has 1 heterocycles. The number of sulfone groups is 1. The van der Waals surface area contributed by atoms with Gasteiger partial charge in [0.2, 0.25) is 5.91 Å². The van der Waals surface area contributed by atoms with Crippen LogP contribution in [0.5, 0.6) is 0 Å². The summed E-state index contributed by atoms with van der Waals surface area (Å²) in [7, 11) is -3.48. The minimum absolute atomic E-state index is 0.0642. The van der Waals surface area contributed by atoms with E-state index in [2.05, 4.69) is 10.2 Å². The van der Waals surface area contributed by atoms with Gasteiger partial charge in [-0.2, -0.15) is 0 Å². The van der Waals surface area contributed by atoms with Crippen LogP contribution in [0.15, 0.2) is 47.4 Å². The van der Waals surface area contributed by atoms with Crippen molar-refractivity contribution in [3.05, 3.63) is 59.2 Å². The Labute approximate surface area is 178 Å². The Morgan fingerprint density at radius 2 is 1.80 bits per heavy atom. The third kappa shape index (κ3) is 5.09. The maximum absolute atomic E-state index is 12.7. The van der Waals surface area contributed by atoms with E-state index in [1.54, 1.807) is 12.1 Å². The predicted octanol–water partition coefficient (Wildman–Crippen LogP) is 2.81. The molecular formula is C23H28N2O4S. The first-order chi connectivity index (χ1) is 14.5. The summed E-state index contributed by atoms with van der Waals surface area (Å²) in [6.45, 7) is 3.89. The molecule has 160 valence electrons. The fourth-order valence-corrected chi connectivity index (χ4v) is 5.37. The number of rotatable bonds is 7. The van der Waals surface area contributed by atoms with Gasteiger partial charge in [-0.05, 0) is 54.2 Å². The SMILES string of the molecule is O=C(CCS(=O)(=O)c1ccc2c(c1)CCC2)Nc1ccccc1CN1CCOCC1. The van der Waals surface area contributed by atoms with Crippen LogP contribution in [0.2, 0.25) is 0 Å². The van der Waals surface area contributed by atoms with E-state index in [1.807, 2.05) is 30.3 Å². The van der Waals surface area contributed by atoms with Gasteiger partial charge in [0, 0.05) is 31.7 Å². The van der Waals surface area contributed by atoms with E-state index in [0.717, 1.165) is 68.9 Å². The molecule has 1 aliphatic carbocycles. The lowest BCUT2D eigenvalue weighted by molar-refractivity contribution is -0.115. The quantitative estimate of drug-likeness (QED) is 0.734. The van der Waals surface area contributed by atoms with Gasteiger partial charge in [-0.15, -0.1) is 0 Å². The first-order valence-corrected chi connectivity index (χ1v) is 12.2. The fraction of sp³-hybridized carbons (Fsp3) is 0.435. The molecule has 2 aromatic rings. The van der Waals surface area contributed by atoms with Crippen molar-refractivity contribution in [3.63, 3.8) is 0 Å². The van der Waals surface area contributed by atoms with E-state index in [4.69, 9.17) is 4.74 Å². The van der Waals surface area contributed by atoms with Gasteiger partial charge >= 0.3 is 0 Å². The van der Waals surface area contributed by atoms with Gasteiger partial charge in [0.05, 0.1) is 23.9 Å². The lowest BCUT2D eigenvalue weighted by Gasteiger charge is -2.27. The van der Waals surface area contributed by atoms with Gasteiger partial charge in [-0.25, -0.2) is 8.42 Å². The number of benzene rings is 2. The number of fused-ring (bicyclic) bond motifs is 1. The number of hydrogen-bond acceptors (Lipinski definition) is 5. The zero-order valence-corrected chi connectivity index (χ0v) is 17.9. The van der Waals surface area contributed by atoms with Gasteiger partial charge < -0.3 is 10.1 Å². The molecule has 1 saturated heterocycles. The summed E-state index contributed by atoms with van der Waals surface area (Å²) >= 11 is 0. The number of ether oxygens (including phenoxy) is 1. The highest BCUT2D eigenvalue weighted by molar-refractivity contribution is 7.91. The molecule has 1 amide bonds. The zero-order valence-electron chi connectivity index (χ0n) is 17.1. The average Bonchev–Trinajstić information content (AvgIpc) is 3.23. The Hall–Kier alpha value is -2.22. The van der Waals surface area contributed by atoms with Gasteiger partial charge in [0.25, 0.3) is 0 Å². The van der Waals surface area contributed by atoms with Crippen LogP contribution in [0.4, 0.5) is 5.69 Å². The third-order valence-electron chi connectivity index (χ3n) is 5.82. The van der Waals surface area contributed by atoms with Gasteiger partial charge in [0.1, 0.15) is 0 Å². The molecular weight excluding hydrogens is 400 g/mol. The number of anilines is 1. The first-order valence-electron chi connectivity index (χ1n) is 10.5. The summed E-state index contributed by atoms with van der Waals surface area (Å²) in [5, 5.41) is 2.90. The van der Waals surface area contributed by atoms with Crippen LogP contribution in [0.1, 0.15) is 29.5 Å². The monoisotopic (exact) mass is 428 g/mol. The largest absolute Gasteiger partial charge is 0.379 e. The van der Waals surface area contributed by atoms with E-state index in [1.165, 1.54) is 5.56 Å². The minimum atomic E-state index is -3.48. The topological polar surface area (TPSA) is 75.7 Å². The average molecular weight is 429 g/mol. The minimum Gasteiger partial charge on any atom is -0.379 e. The van der Waals surface area contributed by atoms with Crippen molar-refractivity contribution in [3.8, 4) is 0 Å². The van der Waals surface area contributed by atoms with Crippen LogP contribution in [-0.4, -0.2) is 51.3 Å². The van der Waals surface area contributed by atoms with Crippen LogP contribution in [0, 0.1) is 0 Å². The van der Waals surface area contributed by atoms with Crippen molar-refractivity contribution in [1.82, 2.24) is 4.90 Å². The normalized spacial score (nSPS) is 16.9. The van der Waals surface area contributed by atoms with Crippen molar-refractivity contribution in [2.45, 2.75) is 37.1 Å². The molecule has 0 aromatic heterocycles. The third-order valence-corrected chi connectivity index (χ3v) is 7.53. The Morgan fingerprint density at radius 1 is 1.03 bits per heavy atom. The number of hydrogen-bond donors (Lipinski definition) is 1. The molecule has 0 spiro atoms. The van der Waals surface area contributed by atoms with Crippen LogP contribution in [0.25, 0.3) is 0 Å². The van der Waals surface area contributed by atoms with E-state index < -0.39 is 9.84 Å². The second-order valence-corrected chi connectivity index (χ2v) is 10.1. The number of para-hydroxylation sites is 1. The Morgan fingerprint density at radius 3 is 2.63 bits per heavy atom. The van der Waals surface area contributed by atoms with Crippen molar-refractivity contribution in [1.29, 1.82) is 0 Å². The molecule has 4 rings (SSSR count). The number of carbonyl (C=O) groups excluding carboxylic acids is 1. The van der Waals surface area contributed by atoms with Crippen molar-refractivity contribution in [2.75, 3.05) is 37.4 Å². The summed E-state index contributed by atoms with van der Waals surface area (Å²) < 4.78 is 30.8. The molecule has 0 radical (unpaired) electrons. The maximum atomic E-state index is 12.7. The Balaban J connectivity index is 1.37. The summed E-state index contributed by atoms with van der Waals surface area (Å²) in [4.78, 5) is 15.1. The molecule has 0 saturated carbocycles. The van der Waals surface area contributed by atoms with E-state index in [9.17, 15) is 13.2 Å². The van der Waals surface area contributed by atoms with E-state index in [-0.39, 0.29) is 18.1 Å². The molecule has 2 aromatic carbocycles. The highest BCUT2D eigenvalue weighted by Gasteiger charge is 2.20. The summed E-state index contributed by atoms with van der Waals surface area (Å²) in [5.74, 6) is -0.474. The summed E-state index contributed by atoms with van der Waals surface area (Å²) in [6.07, 6.45) is 2.96. The van der Waals surface area contributed by atoms with Gasteiger partial charge in [-0.3, -0.25) is 9.69 Å². The Kier molecular flexibility index (Phi) is 6.51. The second kappa shape index (κ2) is 9.29. The standard InChI is InChI=1S/C23H28N2O4S/c26-23(10-15-30(27,28)21-9-8-18-5-3-6-19(18)16-21)24-22-7-2-1-4-20(22)17-25-11-13-29-14-12-25/h1-2,4,7-9,16H,3,5-6,10-15,17H2,(H,24,26). The van der Waals surface area contributed by atoms with Gasteiger partial charge in [-0.1, -0.05) is 24.3 Å². The maximum Gasteiger partial charge on any atom is 0.225 e. The lowest BCUT2D eigenvalue weighted by atomic mass is 10.1. The number of morpholine rings is 1. The first kappa shape index (κ1) is 21.0. The zero-order chi connectivity index (χ0) is 21.0. The summed E-state index contributed by atoms with van der Waals surface area (Å²) in [5.41, 5.74) is 4.12. The Bertz CT molecular complexity index is 1010. The molecule has 0 bridgehead atoms. The predicted molar refractivity (Wildman–Crippen MR) is 116 cm³/mol. The molecule has 1 N–H and O–H groups in total. The number of amides is 1.